The molecule has 9 heteroatoms. The summed E-state index contributed by atoms with van der Waals surface area (Å²) in [5.74, 6) is 0.106. The molecule has 0 saturated heterocycles. The zero-order valence-corrected chi connectivity index (χ0v) is 15.3. The maximum absolute atomic E-state index is 13.3. The lowest BCUT2D eigenvalue weighted by atomic mass is 10.1. The Morgan fingerprint density at radius 3 is 2.69 bits per heavy atom. The van der Waals surface area contributed by atoms with Crippen LogP contribution < -0.4 is 10.2 Å². The largest absolute Gasteiger partial charge is 0.497 e. The van der Waals surface area contributed by atoms with Crippen LogP contribution in [0.3, 0.4) is 0 Å². The maximum Gasteiger partial charge on any atom is 0.283 e. The Kier molecular flexibility index (Phi) is 5.98. The number of carbonyl (C=O) groups is 1. The minimum absolute atomic E-state index is 0.131. The van der Waals surface area contributed by atoms with E-state index < -0.39 is 16.4 Å². The number of nitrogens with one attached hydrogen (secondary N) is 1. The van der Waals surface area contributed by atoms with Gasteiger partial charge in [-0.2, -0.15) is 5.10 Å². The van der Waals surface area contributed by atoms with E-state index in [4.69, 9.17) is 9.15 Å². The van der Waals surface area contributed by atoms with Crippen LogP contribution in [0.5, 0.6) is 5.75 Å². The standard InChI is InChI=1S/C20H16FN3O5/c1-28-15-5-2-13(3-6-15)10-20(25)23-22-12-16-7-9-19(29-16)17-8-4-14(21)11-18(17)24(26)27/h2-9,11-12H,10H2,1H3,(H,23,25)/b22-12-. The Bertz CT molecular complexity index is 1060. The number of ether oxygens (including phenoxy) is 1. The van der Waals surface area contributed by atoms with Crippen molar-refractivity contribution in [1.82, 2.24) is 5.43 Å². The van der Waals surface area contributed by atoms with Crippen LogP contribution in [0.1, 0.15) is 11.3 Å². The van der Waals surface area contributed by atoms with Crippen molar-refractivity contribution in [1.29, 1.82) is 0 Å². The Labute approximate surface area is 164 Å². The van der Waals surface area contributed by atoms with Crippen LogP contribution in [0.2, 0.25) is 0 Å². The summed E-state index contributed by atoms with van der Waals surface area (Å²) in [6.07, 6.45) is 1.40. The van der Waals surface area contributed by atoms with Crippen molar-refractivity contribution in [2.45, 2.75) is 6.42 Å². The predicted octanol–water partition coefficient (Wildman–Crippen LogP) is 3.70. The van der Waals surface area contributed by atoms with E-state index in [0.29, 0.717) is 5.75 Å². The van der Waals surface area contributed by atoms with Gasteiger partial charge in [0.25, 0.3) is 5.69 Å². The number of hydrogen-bond donors (Lipinski definition) is 1. The molecule has 0 radical (unpaired) electrons. The number of amides is 1. The van der Waals surface area contributed by atoms with Crippen LogP contribution in [0.4, 0.5) is 10.1 Å². The highest BCUT2D eigenvalue weighted by Gasteiger charge is 2.19. The summed E-state index contributed by atoms with van der Waals surface area (Å²) in [5.41, 5.74) is 2.90. The number of hydrogen-bond acceptors (Lipinski definition) is 6. The highest BCUT2D eigenvalue weighted by molar-refractivity contribution is 5.82. The summed E-state index contributed by atoms with van der Waals surface area (Å²) in [7, 11) is 1.56. The van der Waals surface area contributed by atoms with E-state index in [1.165, 1.54) is 24.4 Å². The SMILES string of the molecule is COc1ccc(CC(=O)N/N=C\c2ccc(-c3ccc(F)cc3[N+](=O)[O-])o2)cc1. The highest BCUT2D eigenvalue weighted by Crippen LogP contribution is 2.31. The zero-order valence-electron chi connectivity index (χ0n) is 15.3. The summed E-state index contributed by atoms with van der Waals surface area (Å²) >= 11 is 0. The molecule has 0 aliphatic rings. The lowest BCUT2D eigenvalue weighted by Crippen LogP contribution is -2.19. The van der Waals surface area contributed by atoms with Crippen molar-refractivity contribution in [3.63, 3.8) is 0 Å². The van der Waals surface area contributed by atoms with Crippen LogP contribution in [0.25, 0.3) is 11.3 Å². The molecule has 1 aromatic heterocycles. The Morgan fingerprint density at radius 1 is 1.24 bits per heavy atom. The second-order valence-corrected chi connectivity index (χ2v) is 5.94. The predicted molar refractivity (Wildman–Crippen MR) is 103 cm³/mol. The summed E-state index contributed by atoms with van der Waals surface area (Å²) in [5, 5.41) is 14.9. The molecule has 1 N–H and O–H groups in total. The normalized spacial score (nSPS) is 10.8. The van der Waals surface area contributed by atoms with E-state index in [2.05, 4.69) is 10.5 Å². The van der Waals surface area contributed by atoms with Gasteiger partial charge >= 0.3 is 0 Å². The molecule has 29 heavy (non-hydrogen) atoms. The van der Waals surface area contributed by atoms with Crippen molar-refractivity contribution >= 4 is 17.8 Å². The first-order valence-electron chi connectivity index (χ1n) is 8.45. The number of carbonyl (C=O) groups excluding carboxylic acids is 1. The lowest BCUT2D eigenvalue weighted by Gasteiger charge is -2.02. The molecule has 0 fully saturated rings. The molecule has 148 valence electrons. The number of nitro benzene ring substituents is 1. The first kappa shape index (κ1) is 19.7. The number of halogens is 1. The van der Waals surface area contributed by atoms with Gasteiger partial charge in [-0.05, 0) is 42.0 Å². The summed E-state index contributed by atoms with van der Waals surface area (Å²) in [6.45, 7) is 0. The molecule has 0 unspecified atom stereocenters. The lowest BCUT2D eigenvalue weighted by molar-refractivity contribution is -0.384. The Balaban J connectivity index is 1.63. The van der Waals surface area contributed by atoms with Crippen molar-refractivity contribution in [3.8, 4) is 17.1 Å². The van der Waals surface area contributed by atoms with E-state index >= 15 is 0 Å². The minimum Gasteiger partial charge on any atom is -0.497 e. The number of methoxy groups -OCH3 is 1. The van der Waals surface area contributed by atoms with E-state index in [1.54, 1.807) is 31.4 Å². The average Bonchev–Trinajstić information content (AvgIpc) is 3.17. The third-order valence-corrected chi connectivity index (χ3v) is 3.95. The van der Waals surface area contributed by atoms with E-state index in [0.717, 1.165) is 17.7 Å². The van der Waals surface area contributed by atoms with Gasteiger partial charge in [0.1, 0.15) is 23.1 Å². The highest BCUT2D eigenvalue weighted by atomic mass is 19.1. The maximum atomic E-state index is 13.3. The number of benzene rings is 2. The number of furan rings is 1. The fourth-order valence-electron chi connectivity index (χ4n) is 2.57. The first-order valence-corrected chi connectivity index (χ1v) is 8.45. The van der Waals surface area contributed by atoms with Gasteiger partial charge in [0.05, 0.1) is 36.3 Å². The van der Waals surface area contributed by atoms with Gasteiger partial charge < -0.3 is 9.15 Å². The van der Waals surface area contributed by atoms with Crippen LogP contribution in [0, 0.1) is 15.9 Å². The molecular formula is C20H16FN3O5. The number of nitro groups is 1. The van der Waals surface area contributed by atoms with Gasteiger partial charge in [0.15, 0.2) is 0 Å². The average molecular weight is 397 g/mol. The Morgan fingerprint density at radius 2 is 2.00 bits per heavy atom. The monoisotopic (exact) mass is 397 g/mol. The van der Waals surface area contributed by atoms with Crippen LogP contribution in [-0.2, 0) is 11.2 Å². The summed E-state index contributed by atoms with van der Waals surface area (Å²) in [4.78, 5) is 22.4. The number of hydrazone groups is 1. The molecule has 3 aromatic rings. The van der Waals surface area contributed by atoms with Gasteiger partial charge in [-0.15, -0.1) is 0 Å². The second-order valence-electron chi connectivity index (χ2n) is 5.94. The van der Waals surface area contributed by atoms with Gasteiger partial charge in [0, 0.05) is 0 Å². The Hall–Kier alpha value is -4.01. The van der Waals surface area contributed by atoms with Gasteiger partial charge in [-0.25, -0.2) is 9.82 Å². The molecule has 0 bridgehead atoms. The first-order chi connectivity index (χ1) is 14.0. The topological polar surface area (TPSA) is 107 Å². The van der Waals surface area contributed by atoms with Gasteiger partial charge in [-0.3, -0.25) is 14.9 Å². The summed E-state index contributed by atoms with van der Waals surface area (Å²) < 4.78 is 23.8. The molecule has 0 aliphatic carbocycles. The minimum atomic E-state index is -0.714. The quantitative estimate of drug-likeness (QED) is 0.372. The van der Waals surface area contributed by atoms with E-state index in [1.807, 2.05) is 0 Å². The molecular weight excluding hydrogens is 381 g/mol. The fraction of sp³-hybridized carbons (Fsp3) is 0.100. The van der Waals surface area contributed by atoms with Crippen molar-refractivity contribution < 1.29 is 23.3 Å². The van der Waals surface area contributed by atoms with E-state index in [-0.39, 0.29) is 29.4 Å². The van der Waals surface area contributed by atoms with Crippen LogP contribution in [-0.4, -0.2) is 24.2 Å². The van der Waals surface area contributed by atoms with Gasteiger partial charge in [0.2, 0.25) is 5.91 Å². The van der Waals surface area contributed by atoms with Crippen LogP contribution >= 0.6 is 0 Å². The van der Waals surface area contributed by atoms with Crippen molar-refractivity contribution in [2.24, 2.45) is 5.10 Å². The molecule has 2 aromatic carbocycles. The molecule has 1 heterocycles. The zero-order chi connectivity index (χ0) is 20.8. The summed E-state index contributed by atoms with van der Waals surface area (Å²) in [6, 6.07) is 13.3. The molecule has 3 rings (SSSR count). The molecule has 0 spiro atoms. The molecule has 0 atom stereocenters. The van der Waals surface area contributed by atoms with Crippen molar-refractivity contribution in [2.75, 3.05) is 7.11 Å². The molecule has 8 nitrogen and oxygen atoms in total. The molecule has 0 aliphatic heterocycles. The number of rotatable bonds is 7. The smallest absolute Gasteiger partial charge is 0.283 e. The number of nitrogens with zero attached hydrogens (tertiary/aromatic N) is 2. The van der Waals surface area contributed by atoms with Crippen LogP contribution in [0.15, 0.2) is 64.1 Å². The third kappa shape index (κ3) is 5.04. The fourth-order valence-corrected chi connectivity index (χ4v) is 2.57. The second kappa shape index (κ2) is 8.79. The molecule has 0 saturated carbocycles. The van der Waals surface area contributed by atoms with Crippen molar-refractivity contribution in [3.05, 3.63) is 81.9 Å². The third-order valence-electron chi connectivity index (χ3n) is 3.95. The molecule has 1 amide bonds. The van der Waals surface area contributed by atoms with Gasteiger partial charge in [-0.1, -0.05) is 12.1 Å². The van der Waals surface area contributed by atoms with E-state index in [9.17, 15) is 19.3 Å².